The Kier molecular flexibility index (Phi) is 5.64. The number of aromatic nitrogens is 5. The highest BCUT2D eigenvalue weighted by Crippen LogP contribution is 2.33. The summed E-state index contributed by atoms with van der Waals surface area (Å²) in [7, 11) is 0. The summed E-state index contributed by atoms with van der Waals surface area (Å²) in [6, 6.07) is 5.59. The van der Waals surface area contributed by atoms with E-state index >= 15 is 0 Å². The number of H-pyrrole nitrogens is 1. The predicted molar refractivity (Wildman–Crippen MR) is 127 cm³/mol. The molecule has 170 valence electrons. The molecule has 0 fully saturated rings. The normalized spacial score (nSPS) is 16.7. The number of aromatic amines is 1. The zero-order valence-electron chi connectivity index (χ0n) is 18.0. The number of nitrogens with one attached hydrogen (secondary N) is 1. The van der Waals surface area contributed by atoms with Crippen LogP contribution in [0.2, 0.25) is 10.0 Å². The molecule has 0 amide bonds. The molecular weight excluding hydrogens is 465 g/mol. The fourth-order valence-corrected chi connectivity index (χ4v) is 4.56. The van der Waals surface area contributed by atoms with Crippen LogP contribution in [0.3, 0.4) is 0 Å². The molecule has 1 aliphatic rings. The maximum absolute atomic E-state index is 12.6. The molecule has 1 N–H and O–H groups in total. The molecule has 0 aliphatic carbocycles. The Balaban J connectivity index is 1.49. The second-order valence-electron chi connectivity index (χ2n) is 7.92. The first-order valence-electron chi connectivity index (χ1n) is 10.5. The summed E-state index contributed by atoms with van der Waals surface area (Å²) in [5, 5.41) is 5.47. The van der Waals surface area contributed by atoms with Gasteiger partial charge in [-0.2, -0.15) is 5.10 Å². The summed E-state index contributed by atoms with van der Waals surface area (Å²) < 4.78 is 8.35. The molecule has 4 aromatic rings. The van der Waals surface area contributed by atoms with Crippen LogP contribution in [-0.2, 0) is 4.74 Å². The maximum Gasteiger partial charge on any atom is 0.360 e. The number of allylic oxidation sites excluding steroid dienone is 1. The Morgan fingerprint density at radius 2 is 2.12 bits per heavy atom. The van der Waals surface area contributed by atoms with E-state index in [4.69, 9.17) is 32.8 Å². The lowest BCUT2D eigenvalue weighted by atomic mass is 10.1. The third kappa shape index (κ3) is 4.00. The van der Waals surface area contributed by atoms with Gasteiger partial charge in [-0.05, 0) is 37.6 Å². The van der Waals surface area contributed by atoms with Gasteiger partial charge in [-0.1, -0.05) is 29.3 Å². The number of hydrogen-bond acceptors (Lipinski definition) is 5. The molecule has 5 rings (SSSR count). The van der Waals surface area contributed by atoms with Crippen molar-refractivity contribution in [1.82, 2.24) is 24.5 Å². The van der Waals surface area contributed by atoms with Crippen LogP contribution in [0.1, 0.15) is 36.6 Å². The Morgan fingerprint density at radius 1 is 1.27 bits per heavy atom. The highest BCUT2D eigenvalue weighted by Gasteiger charge is 2.21. The van der Waals surface area contributed by atoms with Crippen LogP contribution in [0.15, 0.2) is 53.9 Å². The zero-order chi connectivity index (χ0) is 23.1. The topological polar surface area (TPSA) is 87.0 Å². The van der Waals surface area contributed by atoms with Crippen LogP contribution < -0.4 is 10.5 Å². The van der Waals surface area contributed by atoms with E-state index in [1.165, 1.54) is 4.73 Å². The molecule has 3 aromatic heterocycles. The number of pyridine rings is 1. The highest BCUT2D eigenvalue weighted by molar-refractivity contribution is 6.36. The summed E-state index contributed by atoms with van der Waals surface area (Å²) in [6.07, 6.45) is 9.37. The fourth-order valence-electron chi connectivity index (χ4n) is 3.88. The molecule has 8 nitrogen and oxygen atoms in total. The Bertz CT molecular complexity index is 1420. The van der Waals surface area contributed by atoms with E-state index in [9.17, 15) is 4.79 Å². The minimum atomic E-state index is -0.576. The number of rotatable bonds is 5. The van der Waals surface area contributed by atoms with Crippen LogP contribution >= 0.6 is 23.2 Å². The lowest BCUT2D eigenvalue weighted by molar-refractivity contribution is 0.0494. The number of benzene rings is 1. The van der Waals surface area contributed by atoms with Crippen molar-refractivity contribution in [2.75, 3.05) is 6.61 Å². The maximum atomic E-state index is 12.6. The summed E-state index contributed by atoms with van der Waals surface area (Å²) in [4.78, 5) is 25.8. The Hall–Kier alpha value is -3.23. The monoisotopic (exact) mass is 485 g/mol. The lowest BCUT2D eigenvalue weighted by Gasteiger charge is -2.18. The van der Waals surface area contributed by atoms with Crippen molar-refractivity contribution in [2.24, 2.45) is 0 Å². The number of fused-ring (bicyclic) bond motifs is 1. The van der Waals surface area contributed by atoms with E-state index in [2.05, 4.69) is 15.1 Å². The molecule has 10 heteroatoms. The van der Waals surface area contributed by atoms with E-state index in [1.54, 1.807) is 31.6 Å². The molecule has 0 bridgehead atoms. The van der Waals surface area contributed by atoms with Crippen molar-refractivity contribution < 1.29 is 9.57 Å². The van der Waals surface area contributed by atoms with Gasteiger partial charge in [-0.3, -0.25) is 9.67 Å². The average molecular weight is 486 g/mol. The minimum Gasteiger partial charge on any atom is -0.501 e. The second kappa shape index (κ2) is 8.61. The standard InChI is InChI=1S/C23H21Cl2N5O3/c1-13-3-4-18(24)20(21(13)25)14(2)33-30-19-9-15(10-26-22(19)28-23(30)31)16-11-27-29(12-16)17-5-7-32-8-6-17/h3-5,7,9-12,14,17H,6,8H2,1-2H3,(H,26,28,31). The van der Waals surface area contributed by atoms with E-state index in [-0.39, 0.29) is 6.04 Å². The Labute approximate surface area is 199 Å². The van der Waals surface area contributed by atoms with Crippen LogP contribution in [0.4, 0.5) is 0 Å². The van der Waals surface area contributed by atoms with Crippen LogP contribution in [0.5, 0.6) is 0 Å². The van der Waals surface area contributed by atoms with Crippen molar-refractivity contribution in [3.05, 3.63) is 80.8 Å². The van der Waals surface area contributed by atoms with Crippen LogP contribution in [0.25, 0.3) is 22.3 Å². The molecule has 33 heavy (non-hydrogen) atoms. The van der Waals surface area contributed by atoms with Gasteiger partial charge in [0.15, 0.2) is 11.8 Å². The van der Waals surface area contributed by atoms with Crippen molar-refractivity contribution in [2.45, 2.75) is 32.4 Å². The van der Waals surface area contributed by atoms with Crippen molar-refractivity contribution in [3.8, 4) is 11.1 Å². The van der Waals surface area contributed by atoms with Gasteiger partial charge in [0.1, 0.15) is 5.52 Å². The van der Waals surface area contributed by atoms with Crippen molar-refractivity contribution >= 4 is 34.4 Å². The molecular formula is C23H21Cl2N5O3. The van der Waals surface area contributed by atoms with Gasteiger partial charge < -0.3 is 9.57 Å². The fraction of sp³-hybridized carbons (Fsp3) is 0.261. The first-order chi connectivity index (χ1) is 15.9. The second-order valence-corrected chi connectivity index (χ2v) is 8.71. The van der Waals surface area contributed by atoms with Gasteiger partial charge in [0.05, 0.1) is 30.1 Å². The number of ether oxygens (including phenoxy) is 1. The molecule has 2 atom stereocenters. The van der Waals surface area contributed by atoms with Crippen LogP contribution in [-0.4, -0.2) is 31.1 Å². The first-order valence-corrected chi connectivity index (χ1v) is 11.2. The molecule has 1 aliphatic heterocycles. The number of imidazole rings is 1. The predicted octanol–water partition coefficient (Wildman–Crippen LogP) is 4.87. The van der Waals surface area contributed by atoms with E-state index in [0.717, 1.165) is 23.1 Å². The smallest absolute Gasteiger partial charge is 0.360 e. The molecule has 2 unspecified atom stereocenters. The summed E-state index contributed by atoms with van der Waals surface area (Å²) >= 11 is 12.8. The number of hydrogen-bond donors (Lipinski definition) is 1. The highest BCUT2D eigenvalue weighted by atomic mass is 35.5. The minimum absolute atomic E-state index is 0.141. The van der Waals surface area contributed by atoms with Gasteiger partial charge in [-0.25, -0.2) is 9.78 Å². The first kappa shape index (κ1) is 21.6. The number of nitrogens with zero attached hydrogens (tertiary/aromatic N) is 4. The number of halogens is 2. The van der Waals surface area contributed by atoms with Gasteiger partial charge in [0.25, 0.3) is 0 Å². The lowest BCUT2D eigenvalue weighted by Crippen LogP contribution is -2.26. The molecule has 0 saturated carbocycles. The van der Waals surface area contributed by atoms with Gasteiger partial charge in [0.2, 0.25) is 0 Å². The summed E-state index contributed by atoms with van der Waals surface area (Å²) in [5.41, 5.74) is 3.65. The van der Waals surface area contributed by atoms with Gasteiger partial charge in [0, 0.05) is 40.5 Å². The number of aryl methyl sites for hydroxylation is 1. The zero-order valence-corrected chi connectivity index (χ0v) is 19.5. The van der Waals surface area contributed by atoms with E-state index < -0.39 is 11.8 Å². The molecule has 4 heterocycles. The molecule has 0 radical (unpaired) electrons. The summed E-state index contributed by atoms with van der Waals surface area (Å²) in [6.45, 7) is 4.34. The Morgan fingerprint density at radius 3 is 2.91 bits per heavy atom. The molecule has 0 saturated heterocycles. The van der Waals surface area contributed by atoms with Gasteiger partial charge in [-0.15, -0.1) is 4.73 Å². The van der Waals surface area contributed by atoms with E-state index in [0.29, 0.717) is 33.4 Å². The van der Waals surface area contributed by atoms with Crippen LogP contribution in [0, 0.1) is 6.92 Å². The van der Waals surface area contributed by atoms with E-state index in [1.807, 2.05) is 36.0 Å². The molecule has 1 aromatic carbocycles. The third-order valence-electron chi connectivity index (χ3n) is 5.69. The third-order valence-corrected chi connectivity index (χ3v) is 6.52. The quantitative estimate of drug-likeness (QED) is 0.435. The van der Waals surface area contributed by atoms with Crippen molar-refractivity contribution in [3.63, 3.8) is 0 Å². The SMILES string of the molecule is Cc1ccc(Cl)c(C(C)On2c(=O)[nH]c3ncc(-c4cnn(C5C=COCC5)c4)cc32)c1Cl. The summed E-state index contributed by atoms with van der Waals surface area (Å²) in [5.74, 6) is 0. The largest absolute Gasteiger partial charge is 0.501 e. The van der Waals surface area contributed by atoms with Crippen molar-refractivity contribution in [1.29, 1.82) is 0 Å². The molecule has 0 spiro atoms. The van der Waals surface area contributed by atoms with Gasteiger partial charge >= 0.3 is 5.69 Å². The average Bonchev–Trinajstić information content (AvgIpc) is 3.42.